The number of rotatable bonds is 10. The SMILES string of the molecule is C=CC(=O)Oc1ccccc1-c1ccc(OC(CCC)CCCC)cc1. The molecular formula is C23H28O3. The van der Waals surface area contributed by atoms with Crippen LogP contribution in [0.25, 0.3) is 11.1 Å². The van der Waals surface area contributed by atoms with Crippen molar-refractivity contribution in [3.8, 4) is 22.6 Å². The second-order valence-corrected chi connectivity index (χ2v) is 6.32. The molecule has 0 heterocycles. The zero-order chi connectivity index (χ0) is 18.8. The largest absolute Gasteiger partial charge is 0.490 e. The minimum atomic E-state index is -0.462. The highest BCUT2D eigenvalue weighted by Gasteiger charge is 2.11. The predicted octanol–water partition coefficient (Wildman–Crippen LogP) is 6.18. The molecule has 3 nitrogen and oxygen atoms in total. The molecule has 138 valence electrons. The molecule has 2 rings (SSSR count). The third kappa shape index (κ3) is 5.76. The van der Waals surface area contributed by atoms with Gasteiger partial charge in [-0.05, 0) is 36.6 Å². The molecule has 0 aromatic heterocycles. The first-order valence-electron chi connectivity index (χ1n) is 9.38. The summed E-state index contributed by atoms with van der Waals surface area (Å²) in [5.74, 6) is 0.942. The van der Waals surface area contributed by atoms with E-state index in [0.717, 1.165) is 42.2 Å². The Bertz CT molecular complexity index is 704. The van der Waals surface area contributed by atoms with Crippen molar-refractivity contribution < 1.29 is 14.3 Å². The van der Waals surface area contributed by atoms with Crippen LogP contribution in [0.5, 0.6) is 11.5 Å². The van der Waals surface area contributed by atoms with Crippen molar-refractivity contribution in [3.05, 3.63) is 61.2 Å². The Morgan fingerprint density at radius 2 is 1.77 bits per heavy atom. The number of unbranched alkanes of at least 4 members (excludes halogenated alkanes) is 1. The van der Waals surface area contributed by atoms with Gasteiger partial charge in [-0.3, -0.25) is 0 Å². The van der Waals surface area contributed by atoms with Gasteiger partial charge in [-0.1, -0.05) is 70.0 Å². The molecule has 26 heavy (non-hydrogen) atoms. The molecule has 2 aromatic rings. The number of ether oxygens (including phenoxy) is 2. The van der Waals surface area contributed by atoms with E-state index in [1.165, 1.54) is 12.8 Å². The van der Waals surface area contributed by atoms with Crippen LogP contribution in [0.1, 0.15) is 46.0 Å². The van der Waals surface area contributed by atoms with E-state index in [2.05, 4.69) is 20.4 Å². The molecule has 0 aliphatic carbocycles. The molecule has 0 spiro atoms. The minimum Gasteiger partial charge on any atom is -0.490 e. The first kappa shape index (κ1) is 19.8. The number of hydrogen-bond acceptors (Lipinski definition) is 3. The van der Waals surface area contributed by atoms with Crippen molar-refractivity contribution in [2.24, 2.45) is 0 Å². The molecule has 3 heteroatoms. The third-order valence-electron chi connectivity index (χ3n) is 4.22. The van der Waals surface area contributed by atoms with Gasteiger partial charge in [0.1, 0.15) is 11.5 Å². The van der Waals surface area contributed by atoms with E-state index in [0.29, 0.717) is 5.75 Å². The van der Waals surface area contributed by atoms with Crippen LogP contribution < -0.4 is 9.47 Å². The highest BCUT2D eigenvalue weighted by Crippen LogP contribution is 2.31. The zero-order valence-corrected chi connectivity index (χ0v) is 15.7. The van der Waals surface area contributed by atoms with Crippen molar-refractivity contribution in [3.63, 3.8) is 0 Å². The number of esters is 1. The molecule has 0 aliphatic rings. The van der Waals surface area contributed by atoms with Gasteiger partial charge in [-0.25, -0.2) is 4.79 Å². The maximum absolute atomic E-state index is 11.5. The minimum absolute atomic E-state index is 0.270. The van der Waals surface area contributed by atoms with Crippen molar-refractivity contribution in [1.29, 1.82) is 0 Å². The highest BCUT2D eigenvalue weighted by molar-refractivity contribution is 5.85. The van der Waals surface area contributed by atoms with E-state index in [9.17, 15) is 4.79 Å². The van der Waals surface area contributed by atoms with E-state index in [1.54, 1.807) is 6.07 Å². The van der Waals surface area contributed by atoms with Crippen molar-refractivity contribution >= 4 is 5.97 Å². The normalized spacial score (nSPS) is 11.6. The van der Waals surface area contributed by atoms with Crippen molar-refractivity contribution in [1.82, 2.24) is 0 Å². The van der Waals surface area contributed by atoms with Gasteiger partial charge < -0.3 is 9.47 Å². The number of benzene rings is 2. The summed E-state index contributed by atoms with van der Waals surface area (Å²) >= 11 is 0. The lowest BCUT2D eigenvalue weighted by atomic mass is 10.0. The van der Waals surface area contributed by atoms with Crippen LogP contribution in [0.4, 0.5) is 0 Å². The maximum atomic E-state index is 11.5. The molecule has 0 aliphatic heterocycles. The average molecular weight is 352 g/mol. The van der Waals surface area contributed by atoms with Crippen LogP contribution in [0.2, 0.25) is 0 Å². The first-order valence-corrected chi connectivity index (χ1v) is 9.38. The van der Waals surface area contributed by atoms with Gasteiger partial charge >= 0.3 is 5.97 Å². The number of hydrogen-bond donors (Lipinski definition) is 0. The van der Waals surface area contributed by atoms with Gasteiger partial charge in [0.15, 0.2) is 0 Å². The highest BCUT2D eigenvalue weighted by atomic mass is 16.5. The van der Waals surface area contributed by atoms with Crippen LogP contribution in [0.15, 0.2) is 61.2 Å². The average Bonchev–Trinajstić information content (AvgIpc) is 2.67. The standard InChI is InChI=1S/C23H28O3/c1-4-7-11-19(10-5-2)25-20-16-14-18(15-17-20)21-12-8-9-13-22(21)26-23(24)6-3/h6,8-9,12-17,19H,3-5,7,10-11H2,1-2H3. The lowest BCUT2D eigenvalue weighted by molar-refractivity contribution is -0.128. The Balaban J connectivity index is 2.14. The van der Waals surface area contributed by atoms with Crippen LogP contribution >= 0.6 is 0 Å². The maximum Gasteiger partial charge on any atom is 0.335 e. The Morgan fingerprint density at radius 1 is 1.04 bits per heavy atom. The smallest absolute Gasteiger partial charge is 0.335 e. The van der Waals surface area contributed by atoms with Gasteiger partial charge in [0.25, 0.3) is 0 Å². The molecule has 0 radical (unpaired) electrons. The monoisotopic (exact) mass is 352 g/mol. The Kier molecular flexibility index (Phi) is 7.94. The van der Waals surface area contributed by atoms with Crippen LogP contribution in [-0.4, -0.2) is 12.1 Å². The molecule has 0 amide bonds. The molecule has 0 fully saturated rings. The summed E-state index contributed by atoms with van der Waals surface area (Å²) in [6.07, 6.45) is 7.08. The second-order valence-electron chi connectivity index (χ2n) is 6.32. The van der Waals surface area contributed by atoms with Crippen molar-refractivity contribution in [2.45, 2.75) is 52.1 Å². The molecular weight excluding hydrogens is 324 g/mol. The topological polar surface area (TPSA) is 35.5 Å². The van der Waals surface area contributed by atoms with Crippen LogP contribution in [0.3, 0.4) is 0 Å². The predicted molar refractivity (Wildman–Crippen MR) is 107 cm³/mol. The number of para-hydroxylation sites is 1. The first-order chi connectivity index (χ1) is 12.7. The fourth-order valence-corrected chi connectivity index (χ4v) is 2.87. The summed E-state index contributed by atoms with van der Waals surface area (Å²) in [7, 11) is 0. The van der Waals surface area contributed by atoms with E-state index >= 15 is 0 Å². The third-order valence-corrected chi connectivity index (χ3v) is 4.22. The summed E-state index contributed by atoms with van der Waals surface area (Å²) in [5, 5.41) is 0. The molecule has 1 unspecified atom stereocenters. The second kappa shape index (κ2) is 10.4. The van der Waals surface area contributed by atoms with Gasteiger partial charge in [0.2, 0.25) is 0 Å². The van der Waals surface area contributed by atoms with E-state index < -0.39 is 5.97 Å². The molecule has 0 bridgehead atoms. The van der Waals surface area contributed by atoms with Crippen LogP contribution in [-0.2, 0) is 4.79 Å². The number of carbonyl (C=O) groups excluding carboxylic acids is 1. The summed E-state index contributed by atoms with van der Waals surface area (Å²) in [5.41, 5.74) is 1.84. The molecule has 0 N–H and O–H groups in total. The fraction of sp³-hybridized carbons (Fsp3) is 0.348. The molecule has 0 saturated carbocycles. The van der Waals surface area contributed by atoms with E-state index in [-0.39, 0.29) is 6.10 Å². The van der Waals surface area contributed by atoms with E-state index in [1.807, 2.05) is 42.5 Å². The Hall–Kier alpha value is -2.55. The lowest BCUT2D eigenvalue weighted by Crippen LogP contribution is -2.16. The van der Waals surface area contributed by atoms with Gasteiger partial charge in [0, 0.05) is 11.6 Å². The van der Waals surface area contributed by atoms with Crippen LogP contribution in [0, 0.1) is 0 Å². The van der Waals surface area contributed by atoms with Gasteiger partial charge in [0.05, 0.1) is 6.10 Å². The summed E-state index contributed by atoms with van der Waals surface area (Å²) in [6.45, 7) is 7.83. The Morgan fingerprint density at radius 3 is 2.42 bits per heavy atom. The number of carbonyl (C=O) groups is 1. The summed E-state index contributed by atoms with van der Waals surface area (Å²) in [4.78, 5) is 11.5. The molecule has 0 saturated heterocycles. The Labute approximate surface area is 156 Å². The lowest BCUT2D eigenvalue weighted by Gasteiger charge is -2.19. The molecule has 2 aromatic carbocycles. The molecule has 1 atom stereocenters. The van der Waals surface area contributed by atoms with E-state index in [4.69, 9.17) is 9.47 Å². The quantitative estimate of drug-likeness (QED) is 0.291. The van der Waals surface area contributed by atoms with Gasteiger partial charge in [-0.2, -0.15) is 0 Å². The van der Waals surface area contributed by atoms with Gasteiger partial charge in [-0.15, -0.1) is 0 Å². The zero-order valence-electron chi connectivity index (χ0n) is 15.7. The summed E-state index contributed by atoms with van der Waals surface area (Å²) < 4.78 is 11.5. The summed E-state index contributed by atoms with van der Waals surface area (Å²) in [6, 6.07) is 15.4. The van der Waals surface area contributed by atoms with Crippen molar-refractivity contribution in [2.75, 3.05) is 0 Å². The fourth-order valence-electron chi connectivity index (χ4n) is 2.87.